The van der Waals surface area contributed by atoms with Gasteiger partial charge in [-0.15, -0.1) is 0 Å². The molecule has 0 amide bonds. The van der Waals surface area contributed by atoms with E-state index in [1.165, 1.54) is 77.5 Å². The Balaban J connectivity index is 1.09. The summed E-state index contributed by atoms with van der Waals surface area (Å²) in [5.74, 6) is 1.77. The van der Waals surface area contributed by atoms with Gasteiger partial charge in [0.05, 0.1) is 16.5 Å². The third-order valence-corrected chi connectivity index (χ3v) is 15.0. The number of para-hydroxylation sites is 1. The number of hydrogen-bond donors (Lipinski definition) is 0. The van der Waals surface area contributed by atoms with Crippen LogP contribution in [0.5, 0.6) is 11.5 Å². The normalized spacial score (nSPS) is 15.4. The number of nitrogens with zero attached hydrogens (tertiary/aromatic N) is 1. The minimum Gasteiger partial charge on any atom is -0.457 e. The van der Waals surface area contributed by atoms with Crippen molar-refractivity contribution in [1.29, 1.82) is 0 Å². The van der Waals surface area contributed by atoms with Crippen molar-refractivity contribution < 1.29 is 4.74 Å². The van der Waals surface area contributed by atoms with Crippen molar-refractivity contribution in [1.82, 2.24) is 0 Å². The molecule has 0 N–H and O–H groups in total. The van der Waals surface area contributed by atoms with Crippen LogP contribution in [0, 0.1) is 0 Å². The van der Waals surface area contributed by atoms with E-state index in [4.69, 9.17) is 4.74 Å². The molecular weight excluding hydrogens is 823 g/mol. The lowest BCUT2D eigenvalue weighted by Gasteiger charge is -2.40. The zero-order valence-electron chi connectivity index (χ0n) is 37.2. The molecular formula is C66H43NO. The topological polar surface area (TPSA) is 12.5 Å². The molecule has 1 heterocycles. The molecule has 0 saturated heterocycles. The van der Waals surface area contributed by atoms with Crippen LogP contribution in [0.4, 0.5) is 17.1 Å². The molecule has 0 radical (unpaired) electrons. The molecule has 0 bridgehead atoms. The fourth-order valence-electron chi connectivity index (χ4n) is 12.4. The number of anilines is 3. The fraction of sp³-hybridized carbons (Fsp3) is 0.0303. The third kappa shape index (κ3) is 5.29. The highest BCUT2D eigenvalue weighted by atomic mass is 16.5. The van der Waals surface area contributed by atoms with E-state index in [0.29, 0.717) is 0 Å². The Kier molecular flexibility index (Phi) is 8.45. The van der Waals surface area contributed by atoms with Crippen molar-refractivity contribution >= 4 is 27.8 Å². The summed E-state index contributed by atoms with van der Waals surface area (Å²) in [4.78, 5) is 2.53. The molecule has 0 aromatic heterocycles. The van der Waals surface area contributed by atoms with Crippen LogP contribution >= 0.6 is 0 Å². The second kappa shape index (κ2) is 14.9. The predicted molar refractivity (Wildman–Crippen MR) is 279 cm³/mol. The zero-order valence-corrected chi connectivity index (χ0v) is 37.2. The van der Waals surface area contributed by atoms with Crippen LogP contribution in [0.2, 0.25) is 0 Å². The van der Waals surface area contributed by atoms with Crippen LogP contribution in [-0.2, 0) is 10.8 Å². The number of ether oxygens (including phenoxy) is 1. The first-order valence-electron chi connectivity index (χ1n) is 23.6. The Morgan fingerprint density at radius 1 is 0.324 bits per heavy atom. The molecule has 1 atom stereocenters. The lowest BCUT2D eigenvalue weighted by Crippen LogP contribution is -2.32. The van der Waals surface area contributed by atoms with Gasteiger partial charge in [-0.2, -0.15) is 0 Å². The fourth-order valence-corrected chi connectivity index (χ4v) is 12.4. The van der Waals surface area contributed by atoms with E-state index < -0.39 is 10.8 Å². The minimum absolute atomic E-state index is 0.553. The van der Waals surface area contributed by atoms with E-state index in [2.05, 4.69) is 266 Å². The Labute approximate surface area is 396 Å². The molecule has 11 aromatic carbocycles. The van der Waals surface area contributed by atoms with Crippen LogP contribution in [-0.4, -0.2) is 0 Å². The summed E-state index contributed by atoms with van der Waals surface area (Å²) < 4.78 is 6.94. The lowest BCUT2D eigenvalue weighted by molar-refractivity contribution is 0.438. The first-order valence-corrected chi connectivity index (χ1v) is 23.6. The van der Waals surface area contributed by atoms with Gasteiger partial charge in [0, 0.05) is 28.1 Å². The molecule has 1 aliphatic heterocycles. The van der Waals surface area contributed by atoms with Crippen LogP contribution in [0.1, 0.15) is 44.5 Å². The minimum atomic E-state index is -0.675. The van der Waals surface area contributed by atoms with Gasteiger partial charge in [-0.05, 0) is 114 Å². The maximum absolute atomic E-state index is 6.94. The molecule has 0 saturated carbocycles. The molecule has 11 aromatic rings. The average Bonchev–Trinajstić information content (AvgIpc) is 3.88. The maximum Gasteiger partial charge on any atom is 0.132 e. The van der Waals surface area contributed by atoms with Gasteiger partial charge < -0.3 is 9.64 Å². The summed E-state index contributed by atoms with van der Waals surface area (Å²) in [5, 5.41) is 2.38. The Bertz CT molecular complexity index is 3740. The Morgan fingerprint density at radius 2 is 0.897 bits per heavy atom. The van der Waals surface area contributed by atoms with Crippen LogP contribution in [0.3, 0.4) is 0 Å². The molecule has 1 spiro atoms. The predicted octanol–water partition coefficient (Wildman–Crippen LogP) is 16.8. The van der Waals surface area contributed by atoms with E-state index in [-0.39, 0.29) is 0 Å². The second-order valence-electron chi connectivity index (χ2n) is 18.3. The van der Waals surface area contributed by atoms with Crippen molar-refractivity contribution in [2.75, 3.05) is 4.90 Å². The SMILES string of the molecule is c1ccc(-c2cccc(N(c3ccc4c(c3)C3(c5ccccc5Oc5ccc6ccccc6c53)c3ccccc3-4)c3cccc4c3-c3ccccc3C4(c3ccccc3)c3ccccc3)c2)cc1. The standard InChI is InChI=1S/C66H43NO/c1-4-20-44(21-5-1)46-23-18-28-49(42-46)67(60-36-19-35-58-63(60)54-31-13-15-33-56(54)65(58,47-24-6-2-7-25-47)48-26-8-3-9-27-48)50-39-40-53-52-30-12-14-32-55(52)66(59(53)43-50)57-34-16-17-37-61(57)68-62-41-38-45-22-10-11-29-51(45)64(62)66/h1-43H. The molecule has 14 rings (SSSR count). The summed E-state index contributed by atoms with van der Waals surface area (Å²) >= 11 is 0. The van der Waals surface area contributed by atoms with E-state index in [1.807, 2.05) is 0 Å². The molecule has 3 aliphatic rings. The van der Waals surface area contributed by atoms with Crippen molar-refractivity contribution in [3.8, 4) is 44.9 Å². The van der Waals surface area contributed by atoms with Crippen molar-refractivity contribution in [2.24, 2.45) is 0 Å². The Morgan fingerprint density at radius 3 is 1.68 bits per heavy atom. The molecule has 0 fully saturated rings. The highest BCUT2D eigenvalue weighted by molar-refractivity contribution is 6.01. The lowest BCUT2D eigenvalue weighted by atomic mass is 9.65. The summed E-state index contributed by atoms with van der Waals surface area (Å²) in [5.41, 5.74) is 19.2. The maximum atomic E-state index is 6.94. The number of hydrogen-bond acceptors (Lipinski definition) is 2. The molecule has 68 heavy (non-hydrogen) atoms. The van der Waals surface area contributed by atoms with Gasteiger partial charge in [-0.1, -0.05) is 218 Å². The first kappa shape index (κ1) is 38.5. The highest BCUT2D eigenvalue weighted by Gasteiger charge is 2.52. The molecule has 2 heteroatoms. The smallest absolute Gasteiger partial charge is 0.132 e. The van der Waals surface area contributed by atoms with Crippen molar-refractivity contribution in [3.05, 3.63) is 305 Å². The third-order valence-electron chi connectivity index (χ3n) is 15.0. The van der Waals surface area contributed by atoms with E-state index in [0.717, 1.165) is 39.7 Å². The van der Waals surface area contributed by atoms with Gasteiger partial charge in [0.1, 0.15) is 11.5 Å². The summed E-state index contributed by atoms with van der Waals surface area (Å²) in [6.45, 7) is 0. The van der Waals surface area contributed by atoms with E-state index >= 15 is 0 Å². The second-order valence-corrected chi connectivity index (χ2v) is 18.3. The van der Waals surface area contributed by atoms with Gasteiger partial charge >= 0.3 is 0 Å². The van der Waals surface area contributed by atoms with Gasteiger partial charge in [-0.25, -0.2) is 0 Å². The largest absolute Gasteiger partial charge is 0.457 e. The van der Waals surface area contributed by atoms with E-state index in [1.54, 1.807) is 0 Å². The number of fused-ring (bicyclic) bond motifs is 14. The summed E-state index contributed by atoms with van der Waals surface area (Å²) in [6.07, 6.45) is 0. The monoisotopic (exact) mass is 865 g/mol. The van der Waals surface area contributed by atoms with Crippen molar-refractivity contribution in [2.45, 2.75) is 10.8 Å². The molecule has 1 unspecified atom stereocenters. The summed E-state index contributed by atoms with van der Waals surface area (Å²) in [6, 6.07) is 96.2. The van der Waals surface area contributed by atoms with E-state index in [9.17, 15) is 0 Å². The average molecular weight is 866 g/mol. The molecule has 2 nitrogen and oxygen atoms in total. The molecule has 2 aliphatic carbocycles. The van der Waals surface area contributed by atoms with Crippen LogP contribution in [0.25, 0.3) is 44.2 Å². The van der Waals surface area contributed by atoms with Crippen LogP contribution in [0.15, 0.2) is 261 Å². The summed E-state index contributed by atoms with van der Waals surface area (Å²) in [7, 11) is 0. The van der Waals surface area contributed by atoms with Gasteiger partial charge in [0.15, 0.2) is 0 Å². The quantitative estimate of drug-likeness (QED) is 0.165. The van der Waals surface area contributed by atoms with Crippen molar-refractivity contribution in [3.63, 3.8) is 0 Å². The van der Waals surface area contributed by atoms with Crippen LogP contribution < -0.4 is 9.64 Å². The van der Waals surface area contributed by atoms with Gasteiger partial charge in [0.2, 0.25) is 0 Å². The highest BCUT2D eigenvalue weighted by Crippen LogP contribution is 2.65. The zero-order chi connectivity index (χ0) is 44.8. The molecule has 318 valence electrons. The number of rotatable bonds is 6. The van der Waals surface area contributed by atoms with Gasteiger partial charge in [-0.3, -0.25) is 0 Å². The Hall–Kier alpha value is -8.72. The first-order chi connectivity index (χ1) is 33.7. The number of benzene rings is 11. The van der Waals surface area contributed by atoms with Gasteiger partial charge in [0.25, 0.3) is 0 Å².